The molecule has 1 aromatic rings. The molecule has 1 fully saturated rings. The zero-order valence-corrected chi connectivity index (χ0v) is 12.0. The lowest BCUT2D eigenvalue weighted by molar-refractivity contribution is -0.131. The maximum atomic E-state index is 12.1. The molecule has 0 N–H and O–H groups in total. The summed E-state index contributed by atoms with van der Waals surface area (Å²) in [4.78, 5) is 26.3. The zero-order chi connectivity index (χ0) is 13.7. The highest BCUT2D eigenvalue weighted by atomic mass is 32.2. The van der Waals surface area contributed by atoms with Crippen molar-refractivity contribution in [3.8, 4) is 0 Å². The molecule has 1 saturated carbocycles. The molecule has 0 unspecified atom stereocenters. The van der Waals surface area contributed by atoms with Crippen LogP contribution in [0.15, 0.2) is 35.2 Å². The van der Waals surface area contributed by atoms with E-state index in [4.69, 9.17) is 0 Å². The van der Waals surface area contributed by atoms with E-state index in [1.807, 2.05) is 42.3 Å². The minimum absolute atomic E-state index is 0.146. The molecule has 0 radical (unpaired) electrons. The monoisotopic (exact) mass is 277 g/mol. The van der Waals surface area contributed by atoms with E-state index in [1.165, 1.54) is 0 Å². The van der Waals surface area contributed by atoms with E-state index in [0.717, 1.165) is 17.7 Å². The van der Waals surface area contributed by atoms with Crippen molar-refractivity contribution in [3.63, 3.8) is 0 Å². The number of nitrogens with zero attached hydrogens (tertiary/aromatic N) is 1. The SMILES string of the molecule is CN(C(=O)CSc1ccccc1)C1CCC(=O)CC1. The lowest BCUT2D eigenvalue weighted by Crippen LogP contribution is -2.40. The number of Topliss-reactive ketones (excluding diaryl/α,β-unsaturated/α-hetero) is 1. The second kappa shape index (κ2) is 6.75. The van der Waals surface area contributed by atoms with Crippen LogP contribution >= 0.6 is 11.8 Å². The van der Waals surface area contributed by atoms with Gasteiger partial charge >= 0.3 is 0 Å². The Hall–Kier alpha value is -1.29. The fraction of sp³-hybridized carbons (Fsp3) is 0.467. The van der Waals surface area contributed by atoms with E-state index in [-0.39, 0.29) is 11.9 Å². The summed E-state index contributed by atoms with van der Waals surface area (Å²) >= 11 is 1.56. The van der Waals surface area contributed by atoms with Crippen LogP contribution in [0.4, 0.5) is 0 Å². The van der Waals surface area contributed by atoms with Crippen molar-refractivity contribution in [2.75, 3.05) is 12.8 Å². The number of hydrogen-bond acceptors (Lipinski definition) is 3. The Bertz CT molecular complexity index is 437. The Kier molecular flexibility index (Phi) is 5.02. The summed E-state index contributed by atoms with van der Waals surface area (Å²) in [5, 5.41) is 0. The van der Waals surface area contributed by atoms with E-state index >= 15 is 0 Å². The Balaban J connectivity index is 1.81. The van der Waals surface area contributed by atoms with Crippen LogP contribution in [0.3, 0.4) is 0 Å². The van der Waals surface area contributed by atoms with E-state index in [9.17, 15) is 9.59 Å². The smallest absolute Gasteiger partial charge is 0.232 e. The number of carbonyl (C=O) groups is 2. The van der Waals surface area contributed by atoms with Gasteiger partial charge in [0.2, 0.25) is 5.91 Å². The number of ketones is 1. The minimum Gasteiger partial charge on any atom is -0.342 e. The fourth-order valence-corrected chi connectivity index (χ4v) is 3.12. The van der Waals surface area contributed by atoms with Gasteiger partial charge in [0.05, 0.1) is 5.75 Å². The molecule has 1 amide bonds. The molecule has 0 aromatic heterocycles. The van der Waals surface area contributed by atoms with Crippen LogP contribution in [0.2, 0.25) is 0 Å². The molecule has 4 heteroatoms. The van der Waals surface area contributed by atoms with Crippen molar-refractivity contribution in [2.45, 2.75) is 36.6 Å². The van der Waals surface area contributed by atoms with Crippen LogP contribution in [-0.2, 0) is 9.59 Å². The number of hydrogen-bond donors (Lipinski definition) is 0. The van der Waals surface area contributed by atoms with Crippen molar-refractivity contribution in [3.05, 3.63) is 30.3 Å². The van der Waals surface area contributed by atoms with Gasteiger partial charge in [0.25, 0.3) is 0 Å². The fourth-order valence-electron chi connectivity index (χ4n) is 2.28. The summed E-state index contributed by atoms with van der Waals surface area (Å²) in [6.45, 7) is 0. The van der Waals surface area contributed by atoms with E-state index in [1.54, 1.807) is 11.8 Å². The Labute approximate surface area is 118 Å². The van der Waals surface area contributed by atoms with Crippen LogP contribution in [0.5, 0.6) is 0 Å². The molecule has 0 spiro atoms. The maximum absolute atomic E-state index is 12.1. The summed E-state index contributed by atoms with van der Waals surface area (Å²) in [6.07, 6.45) is 2.87. The van der Waals surface area contributed by atoms with E-state index in [0.29, 0.717) is 24.4 Å². The van der Waals surface area contributed by atoms with Gasteiger partial charge in [0, 0.05) is 30.8 Å². The number of carbonyl (C=O) groups excluding carboxylic acids is 2. The molecule has 0 atom stereocenters. The molecule has 19 heavy (non-hydrogen) atoms. The van der Waals surface area contributed by atoms with Gasteiger partial charge in [0.15, 0.2) is 0 Å². The van der Waals surface area contributed by atoms with Gasteiger partial charge in [-0.2, -0.15) is 0 Å². The Morgan fingerprint density at radius 1 is 1.26 bits per heavy atom. The van der Waals surface area contributed by atoms with Gasteiger partial charge in [-0.1, -0.05) is 18.2 Å². The lowest BCUT2D eigenvalue weighted by atomic mass is 9.93. The largest absolute Gasteiger partial charge is 0.342 e. The van der Waals surface area contributed by atoms with Crippen molar-refractivity contribution in [1.82, 2.24) is 4.90 Å². The standard InChI is InChI=1S/C15H19NO2S/c1-16(12-7-9-13(17)10-8-12)15(18)11-19-14-5-3-2-4-6-14/h2-6,12H,7-11H2,1H3. The normalized spacial score (nSPS) is 16.4. The molecular formula is C15H19NO2S. The molecule has 1 aliphatic carbocycles. The highest BCUT2D eigenvalue weighted by Crippen LogP contribution is 2.22. The number of rotatable bonds is 4. The highest BCUT2D eigenvalue weighted by Gasteiger charge is 2.24. The minimum atomic E-state index is 0.146. The topological polar surface area (TPSA) is 37.4 Å². The summed E-state index contributed by atoms with van der Waals surface area (Å²) in [5.74, 6) is 0.939. The first-order valence-electron chi connectivity index (χ1n) is 6.62. The van der Waals surface area contributed by atoms with Crippen molar-refractivity contribution < 1.29 is 9.59 Å². The molecule has 1 aromatic carbocycles. The first kappa shape index (κ1) is 14.1. The van der Waals surface area contributed by atoms with Crippen LogP contribution in [-0.4, -0.2) is 35.4 Å². The van der Waals surface area contributed by atoms with Crippen LogP contribution in [0.1, 0.15) is 25.7 Å². The predicted molar refractivity (Wildman–Crippen MR) is 77.2 cm³/mol. The summed E-state index contributed by atoms with van der Waals surface area (Å²) < 4.78 is 0. The maximum Gasteiger partial charge on any atom is 0.232 e. The number of benzene rings is 1. The number of amides is 1. The average molecular weight is 277 g/mol. The van der Waals surface area contributed by atoms with Crippen LogP contribution < -0.4 is 0 Å². The van der Waals surface area contributed by atoms with Crippen LogP contribution in [0.25, 0.3) is 0 Å². The van der Waals surface area contributed by atoms with Gasteiger partial charge in [-0.25, -0.2) is 0 Å². The van der Waals surface area contributed by atoms with Gasteiger partial charge in [0.1, 0.15) is 5.78 Å². The van der Waals surface area contributed by atoms with Crippen molar-refractivity contribution >= 4 is 23.5 Å². The zero-order valence-electron chi connectivity index (χ0n) is 11.2. The molecule has 0 aliphatic heterocycles. The van der Waals surface area contributed by atoms with Gasteiger partial charge in [-0.15, -0.1) is 11.8 Å². The lowest BCUT2D eigenvalue weighted by Gasteiger charge is -2.30. The second-order valence-electron chi connectivity index (χ2n) is 4.88. The van der Waals surface area contributed by atoms with Gasteiger partial charge in [-0.3, -0.25) is 9.59 Å². The van der Waals surface area contributed by atoms with E-state index in [2.05, 4.69) is 0 Å². The third kappa shape index (κ3) is 4.10. The van der Waals surface area contributed by atoms with Crippen molar-refractivity contribution in [1.29, 1.82) is 0 Å². The molecular weight excluding hydrogens is 258 g/mol. The molecule has 0 heterocycles. The van der Waals surface area contributed by atoms with Gasteiger partial charge < -0.3 is 4.90 Å². The first-order chi connectivity index (χ1) is 9.16. The molecule has 2 rings (SSSR count). The molecule has 1 aliphatic rings. The molecule has 3 nitrogen and oxygen atoms in total. The highest BCUT2D eigenvalue weighted by molar-refractivity contribution is 8.00. The van der Waals surface area contributed by atoms with Crippen molar-refractivity contribution in [2.24, 2.45) is 0 Å². The average Bonchev–Trinajstić information content (AvgIpc) is 2.46. The quantitative estimate of drug-likeness (QED) is 0.794. The Morgan fingerprint density at radius 3 is 2.53 bits per heavy atom. The summed E-state index contributed by atoms with van der Waals surface area (Å²) in [6, 6.07) is 10.2. The second-order valence-corrected chi connectivity index (χ2v) is 5.92. The Morgan fingerprint density at radius 2 is 1.89 bits per heavy atom. The third-order valence-electron chi connectivity index (χ3n) is 3.56. The third-order valence-corrected chi connectivity index (χ3v) is 4.56. The van der Waals surface area contributed by atoms with Crippen LogP contribution in [0, 0.1) is 0 Å². The molecule has 0 bridgehead atoms. The first-order valence-corrected chi connectivity index (χ1v) is 7.60. The molecule has 102 valence electrons. The predicted octanol–water partition coefficient (Wildman–Crippen LogP) is 2.75. The molecule has 0 saturated heterocycles. The van der Waals surface area contributed by atoms with Gasteiger partial charge in [-0.05, 0) is 25.0 Å². The van der Waals surface area contributed by atoms with E-state index < -0.39 is 0 Å². The summed E-state index contributed by atoms with van der Waals surface area (Å²) in [7, 11) is 1.86. The number of thioether (sulfide) groups is 1. The summed E-state index contributed by atoms with van der Waals surface area (Å²) in [5.41, 5.74) is 0.